The van der Waals surface area contributed by atoms with E-state index in [1.165, 1.54) is 25.4 Å². The van der Waals surface area contributed by atoms with E-state index in [2.05, 4.69) is 69.5 Å². The zero-order chi connectivity index (χ0) is 28.8. The van der Waals surface area contributed by atoms with Crippen LogP contribution >= 0.6 is 61.8 Å². The Bertz CT molecular complexity index is 1220. The van der Waals surface area contributed by atoms with Gasteiger partial charge in [0.05, 0.1) is 3.79 Å². The van der Waals surface area contributed by atoms with E-state index >= 15 is 0 Å². The highest BCUT2D eigenvalue weighted by Gasteiger charge is 2.01. The van der Waals surface area contributed by atoms with Gasteiger partial charge in [0.25, 0.3) is 0 Å². The lowest BCUT2D eigenvalue weighted by molar-refractivity contribution is -0.193. The molecule has 2 aromatic carbocycles. The Morgan fingerprint density at radius 3 is 1.63 bits per heavy atom. The topological polar surface area (TPSA) is 97.7 Å². The predicted molar refractivity (Wildman–Crippen MR) is 156 cm³/mol. The van der Waals surface area contributed by atoms with Crippen LogP contribution in [-0.4, -0.2) is 25.0 Å². The van der Waals surface area contributed by atoms with Crippen LogP contribution in [0.2, 0.25) is 10.0 Å². The van der Waals surface area contributed by atoms with Crippen LogP contribution in [0.1, 0.15) is 25.0 Å². The van der Waals surface area contributed by atoms with E-state index in [0.29, 0.717) is 18.5 Å². The molecule has 0 saturated carbocycles. The summed E-state index contributed by atoms with van der Waals surface area (Å²) in [6, 6.07) is 19.1. The minimum Gasteiger partial charge on any atom is -0.537 e. The normalized spacial score (nSPS) is 8.68. The molecular formula is C26H23BBrCl2O6S2. The third-order valence-corrected chi connectivity index (χ3v) is 7.31. The summed E-state index contributed by atoms with van der Waals surface area (Å²) in [5, 5.41) is 14.0. The fourth-order valence-electron chi connectivity index (χ4n) is 2.43. The Hall–Kier alpha value is -2.52. The van der Waals surface area contributed by atoms with Gasteiger partial charge < -0.3 is 9.68 Å². The summed E-state index contributed by atoms with van der Waals surface area (Å²) >= 11 is 18.3. The Balaban J connectivity index is 0.000000504. The van der Waals surface area contributed by atoms with E-state index in [-0.39, 0.29) is 12.3 Å². The number of halogens is 3. The molecule has 0 amide bonds. The van der Waals surface area contributed by atoms with Gasteiger partial charge in [0.2, 0.25) is 0 Å². The third kappa shape index (κ3) is 16.4. The summed E-state index contributed by atoms with van der Waals surface area (Å²) in [5.74, 6) is 0.562. The van der Waals surface area contributed by atoms with E-state index in [1.54, 1.807) is 46.9 Å². The molecular weight excluding hydrogens is 634 g/mol. The summed E-state index contributed by atoms with van der Waals surface area (Å²) in [6.45, 7) is 4.34. The van der Waals surface area contributed by atoms with Gasteiger partial charge in [-0.3, -0.25) is 0 Å². The molecule has 12 heteroatoms. The molecule has 4 rings (SSSR count). The molecule has 2 heterocycles. The highest BCUT2D eigenvalue weighted by molar-refractivity contribution is 9.11. The SMILES string of the molecule is CCc1csc(-c2ccc(Cl)cc2)c1.CCc1csc(Br)c1.O=C=O.O=C=O.O[B]Oc1ccc(Cl)cc1. The van der Waals surface area contributed by atoms with Crippen LogP contribution < -0.4 is 4.65 Å². The van der Waals surface area contributed by atoms with Crippen molar-refractivity contribution >= 4 is 81.8 Å². The van der Waals surface area contributed by atoms with Gasteiger partial charge in [0, 0.05) is 14.9 Å². The molecule has 0 aliphatic rings. The van der Waals surface area contributed by atoms with Gasteiger partial charge in [0.15, 0.2) is 0 Å². The number of benzene rings is 2. The average molecular weight is 657 g/mol. The molecule has 1 N–H and O–H groups in total. The maximum absolute atomic E-state index is 8.21. The van der Waals surface area contributed by atoms with Crippen molar-refractivity contribution in [2.24, 2.45) is 0 Å². The molecule has 6 nitrogen and oxygen atoms in total. The number of rotatable bonds is 5. The lowest BCUT2D eigenvalue weighted by Gasteiger charge is -1.98. The predicted octanol–water partition coefficient (Wildman–Crippen LogP) is 7.78. The molecule has 0 unspecified atom stereocenters. The first-order valence-electron chi connectivity index (χ1n) is 10.7. The Morgan fingerprint density at radius 2 is 1.26 bits per heavy atom. The number of hydrogen-bond acceptors (Lipinski definition) is 8. The standard InChI is InChI=1S/C12H11ClS.C6H5BClO2.C6H7BrS.2CO2/c1-2-9-7-12(14-8-9)10-3-5-11(13)6-4-10;8-5-1-3-6(4-2-5)10-7-9;1-2-5-3-6(7)8-4-5;2*2-1-3/h3-8H,2H2,1H3;1-4,9H;3-4H,2H2,1H3;;. The molecule has 2 aromatic heterocycles. The van der Waals surface area contributed by atoms with Crippen LogP contribution in [0.15, 0.2) is 75.2 Å². The fraction of sp³-hybridized carbons (Fsp3) is 0.154. The van der Waals surface area contributed by atoms with E-state index in [1.807, 2.05) is 12.1 Å². The minimum absolute atomic E-state index is 0.250. The van der Waals surface area contributed by atoms with Crippen molar-refractivity contribution in [3.05, 3.63) is 96.4 Å². The number of aryl methyl sites for hydroxylation is 2. The summed E-state index contributed by atoms with van der Waals surface area (Å²) in [5.41, 5.74) is 4.07. The molecule has 0 aliphatic carbocycles. The second-order valence-electron chi connectivity index (χ2n) is 6.64. The van der Waals surface area contributed by atoms with Crippen LogP contribution in [-0.2, 0) is 32.0 Å². The van der Waals surface area contributed by atoms with Crippen molar-refractivity contribution in [3.63, 3.8) is 0 Å². The maximum Gasteiger partial charge on any atom is 0.569 e. The van der Waals surface area contributed by atoms with Crippen LogP contribution in [0, 0.1) is 0 Å². The Labute approximate surface area is 248 Å². The van der Waals surface area contributed by atoms with Gasteiger partial charge in [-0.15, -0.1) is 22.7 Å². The Kier molecular flexibility index (Phi) is 21.0. The summed E-state index contributed by atoms with van der Waals surface area (Å²) < 4.78 is 5.86. The molecule has 0 aliphatic heterocycles. The summed E-state index contributed by atoms with van der Waals surface area (Å²) in [7, 11) is 0.628. The van der Waals surface area contributed by atoms with Crippen LogP contribution in [0.25, 0.3) is 10.4 Å². The van der Waals surface area contributed by atoms with Gasteiger partial charge >= 0.3 is 20.0 Å². The zero-order valence-corrected chi connectivity index (χ0v) is 25.1. The first-order valence-corrected chi connectivity index (χ1v) is 14.0. The lowest BCUT2D eigenvalue weighted by Crippen LogP contribution is -1.98. The van der Waals surface area contributed by atoms with Crippen molar-refractivity contribution in [1.82, 2.24) is 0 Å². The first-order chi connectivity index (χ1) is 18.3. The number of carbonyl (C=O) groups excluding carboxylic acids is 4. The molecule has 0 spiro atoms. The van der Waals surface area contributed by atoms with Crippen LogP contribution in [0.5, 0.6) is 5.75 Å². The highest BCUT2D eigenvalue weighted by Crippen LogP contribution is 2.28. The molecule has 0 fully saturated rings. The second kappa shape index (κ2) is 22.5. The van der Waals surface area contributed by atoms with Crippen molar-refractivity contribution in [3.8, 4) is 16.2 Å². The van der Waals surface area contributed by atoms with Gasteiger partial charge in [0.1, 0.15) is 5.75 Å². The molecule has 4 aromatic rings. The van der Waals surface area contributed by atoms with Crippen molar-refractivity contribution in [1.29, 1.82) is 0 Å². The highest BCUT2D eigenvalue weighted by atomic mass is 79.9. The average Bonchev–Trinajstić information content (AvgIpc) is 3.57. The van der Waals surface area contributed by atoms with E-state index < -0.39 is 0 Å². The fourth-order valence-corrected chi connectivity index (χ4v) is 4.98. The van der Waals surface area contributed by atoms with E-state index in [4.69, 9.17) is 47.4 Å². The molecule has 199 valence electrons. The second-order valence-corrected chi connectivity index (χ2v) is 10.7. The number of thiophene rings is 2. The van der Waals surface area contributed by atoms with E-state index in [0.717, 1.165) is 17.9 Å². The number of hydrogen-bond donors (Lipinski definition) is 1. The monoisotopic (exact) mass is 655 g/mol. The summed E-state index contributed by atoms with van der Waals surface area (Å²) in [4.78, 5) is 33.8. The van der Waals surface area contributed by atoms with Crippen molar-refractivity contribution < 1.29 is 28.9 Å². The third-order valence-electron chi connectivity index (χ3n) is 4.22. The molecule has 0 bridgehead atoms. The molecule has 0 atom stereocenters. The minimum atomic E-state index is 0.250. The van der Waals surface area contributed by atoms with Crippen molar-refractivity contribution in [2.75, 3.05) is 0 Å². The smallest absolute Gasteiger partial charge is 0.537 e. The van der Waals surface area contributed by atoms with Crippen LogP contribution in [0.4, 0.5) is 0 Å². The van der Waals surface area contributed by atoms with Crippen LogP contribution in [0.3, 0.4) is 0 Å². The lowest BCUT2D eigenvalue weighted by atomic mass is 10.1. The first kappa shape index (κ1) is 35.5. The largest absolute Gasteiger partial charge is 0.569 e. The summed E-state index contributed by atoms with van der Waals surface area (Å²) in [6.07, 6.45) is 2.74. The zero-order valence-electron chi connectivity index (χ0n) is 20.4. The van der Waals surface area contributed by atoms with Crippen molar-refractivity contribution in [2.45, 2.75) is 26.7 Å². The molecule has 38 heavy (non-hydrogen) atoms. The molecule has 0 saturated heterocycles. The molecule has 1 radical (unpaired) electrons. The Morgan fingerprint density at radius 1 is 0.816 bits per heavy atom. The van der Waals surface area contributed by atoms with Gasteiger partial charge in [-0.25, -0.2) is 0 Å². The van der Waals surface area contributed by atoms with E-state index in [9.17, 15) is 0 Å². The van der Waals surface area contributed by atoms with Gasteiger partial charge in [-0.2, -0.15) is 19.2 Å². The maximum atomic E-state index is 8.21. The quantitative estimate of drug-likeness (QED) is 0.220. The van der Waals surface area contributed by atoms with Gasteiger partial charge in [-0.1, -0.05) is 49.2 Å². The van der Waals surface area contributed by atoms with Gasteiger partial charge in [-0.05, 0) is 105 Å².